The summed E-state index contributed by atoms with van der Waals surface area (Å²) in [6.45, 7) is 2.73. The minimum absolute atomic E-state index is 0.00319. The molecule has 2 fully saturated rings. The minimum atomic E-state index is -0.563. The van der Waals surface area contributed by atoms with E-state index in [1.165, 1.54) is 0 Å². The maximum atomic E-state index is 12.7. The fraction of sp³-hybridized carbons (Fsp3) is 0.591. The molecule has 28 heavy (non-hydrogen) atoms. The van der Waals surface area contributed by atoms with Gasteiger partial charge in [-0.05, 0) is 37.5 Å². The number of rotatable bonds is 6. The van der Waals surface area contributed by atoms with Crippen molar-refractivity contribution in [1.29, 1.82) is 0 Å². The topological polar surface area (TPSA) is 63.9 Å². The second-order valence-electron chi connectivity index (χ2n) is 8.12. The highest BCUT2D eigenvalue weighted by Gasteiger charge is 2.43. The summed E-state index contributed by atoms with van der Waals surface area (Å²) in [4.78, 5) is 14.6. The van der Waals surface area contributed by atoms with Gasteiger partial charge in [-0.15, -0.1) is 0 Å². The number of likely N-dealkylation sites (tertiary alicyclic amines) is 1. The first-order valence-electron chi connectivity index (χ1n) is 10.3. The molecule has 1 aliphatic carbocycles. The molecule has 1 aromatic carbocycles. The molecule has 1 aromatic heterocycles. The number of hydrogen-bond donors (Lipinski definition) is 1. The number of carbonyl (C=O) groups is 1. The Morgan fingerprint density at radius 3 is 3.04 bits per heavy atom. The summed E-state index contributed by atoms with van der Waals surface area (Å²) in [5, 5.41) is 11.8. The fourth-order valence-electron chi connectivity index (χ4n) is 4.73. The predicted molar refractivity (Wildman–Crippen MR) is 107 cm³/mol. The molecule has 0 radical (unpaired) electrons. The highest BCUT2D eigenvalue weighted by molar-refractivity contribution is 5.87. The van der Waals surface area contributed by atoms with Gasteiger partial charge in [0.25, 0.3) is 5.91 Å². The molecule has 1 N–H and O–H groups in total. The Morgan fingerprint density at radius 1 is 1.29 bits per heavy atom. The third-order valence-electron chi connectivity index (χ3n) is 6.44. The van der Waals surface area contributed by atoms with Crippen LogP contribution in [0.25, 0.3) is 10.9 Å². The van der Waals surface area contributed by atoms with Gasteiger partial charge >= 0.3 is 0 Å². The standard InChI is InChI=1S/C22H30N2O4/c1-27-14-13-23-11-8-18-19(23)6-4-7-20(18)28-16-21(25)24-12-10-22(26)9-3-2-5-17(22)15-24/h4,6-8,11,17,26H,2-3,5,9-10,12-16H2,1H3/t17-,22-/m1/s1. The zero-order valence-corrected chi connectivity index (χ0v) is 16.6. The van der Waals surface area contributed by atoms with Gasteiger partial charge in [-0.2, -0.15) is 0 Å². The molecule has 1 saturated heterocycles. The molecule has 4 rings (SSSR count). The maximum Gasteiger partial charge on any atom is 0.260 e. The number of carbonyl (C=O) groups excluding carboxylic acids is 1. The van der Waals surface area contributed by atoms with E-state index in [9.17, 15) is 9.90 Å². The number of aliphatic hydroxyl groups is 1. The van der Waals surface area contributed by atoms with Crippen LogP contribution in [-0.4, -0.2) is 59.5 Å². The monoisotopic (exact) mass is 386 g/mol. The van der Waals surface area contributed by atoms with E-state index in [1.807, 2.05) is 35.4 Å². The van der Waals surface area contributed by atoms with Crippen LogP contribution in [0.3, 0.4) is 0 Å². The zero-order valence-electron chi connectivity index (χ0n) is 16.6. The number of fused-ring (bicyclic) bond motifs is 2. The smallest absolute Gasteiger partial charge is 0.260 e. The Hall–Kier alpha value is -2.05. The molecule has 2 aromatic rings. The molecule has 0 unspecified atom stereocenters. The van der Waals surface area contributed by atoms with Crippen molar-refractivity contribution in [2.45, 2.75) is 44.2 Å². The Labute approximate surface area is 166 Å². The van der Waals surface area contributed by atoms with Crippen LogP contribution in [0.1, 0.15) is 32.1 Å². The van der Waals surface area contributed by atoms with E-state index in [0.717, 1.165) is 48.9 Å². The largest absolute Gasteiger partial charge is 0.483 e. The van der Waals surface area contributed by atoms with Crippen molar-refractivity contribution in [2.75, 3.05) is 33.4 Å². The molecule has 0 spiro atoms. The average molecular weight is 386 g/mol. The van der Waals surface area contributed by atoms with Crippen molar-refractivity contribution in [2.24, 2.45) is 5.92 Å². The average Bonchev–Trinajstić information content (AvgIpc) is 3.13. The summed E-state index contributed by atoms with van der Waals surface area (Å²) in [6, 6.07) is 7.93. The number of amides is 1. The summed E-state index contributed by atoms with van der Waals surface area (Å²) in [5.41, 5.74) is 0.513. The first-order valence-corrected chi connectivity index (χ1v) is 10.3. The number of methoxy groups -OCH3 is 1. The maximum absolute atomic E-state index is 12.7. The molecule has 2 atom stereocenters. The van der Waals surface area contributed by atoms with Crippen LogP contribution in [0.5, 0.6) is 5.75 Å². The molecular formula is C22H30N2O4. The lowest BCUT2D eigenvalue weighted by atomic mass is 9.71. The van der Waals surface area contributed by atoms with Crippen LogP contribution in [-0.2, 0) is 16.1 Å². The molecule has 1 aliphatic heterocycles. The van der Waals surface area contributed by atoms with E-state index < -0.39 is 5.60 Å². The third-order valence-corrected chi connectivity index (χ3v) is 6.44. The van der Waals surface area contributed by atoms with Crippen LogP contribution in [0.2, 0.25) is 0 Å². The molecule has 152 valence electrons. The van der Waals surface area contributed by atoms with Crippen molar-refractivity contribution < 1.29 is 19.4 Å². The minimum Gasteiger partial charge on any atom is -0.483 e. The summed E-state index contributed by atoms with van der Waals surface area (Å²) < 4.78 is 13.2. The van der Waals surface area contributed by atoms with Crippen LogP contribution >= 0.6 is 0 Å². The van der Waals surface area contributed by atoms with Crippen LogP contribution < -0.4 is 4.74 Å². The SMILES string of the molecule is COCCn1ccc2c(OCC(=O)N3CC[C@]4(O)CCCC[C@@H]4C3)cccc21. The van der Waals surface area contributed by atoms with Gasteiger partial charge in [-0.25, -0.2) is 0 Å². The summed E-state index contributed by atoms with van der Waals surface area (Å²) in [7, 11) is 1.70. The molecular weight excluding hydrogens is 356 g/mol. The number of piperidine rings is 1. The first kappa shape index (κ1) is 19.3. The van der Waals surface area contributed by atoms with Gasteiger partial charge in [0, 0.05) is 44.2 Å². The van der Waals surface area contributed by atoms with Gasteiger partial charge in [-0.1, -0.05) is 18.9 Å². The van der Waals surface area contributed by atoms with E-state index >= 15 is 0 Å². The van der Waals surface area contributed by atoms with Gasteiger partial charge < -0.3 is 24.0 Å². The number of benzene rings is 1. The van der Waals surface area contributed by atoms with Crippen molar-refractivity contribution in [3.8, 4) is 5.75 Å². The van der Waals surface area contributed by atoms with Crippen LogP contribution in [0.15, 0.2) is 30.5 Å². The van der Waals surface area contributed by atoms with Gasteiger partial charge in [0.2, 0.25) is 0 Å². The van der Waals surface area contributed by atoms with Crippen molar-refractivity contribution in [3.05, 3.63) is 30.5 Å². The fourth-order valence-corrected chi connectivity index (χ4v) is 4.73. The quantitative estimate of drug-likeness (QED) is 0.829. The number of aromatic nitrogens is 1. The Balaban J connectivity index is 1.39. The Bertz CT molecular complexity index is 833. The lowest BCUT2D eigenvalue weighted by Crippen LogP contribution is -2.55. The molecule has 2 heterocycles. The van der Waals surface area contributed by atoms with E-state index in [1.54, 1.807) is 7.11 Å². The Kier molecular flexibility index (Phi) is 5.60. The predicted octanol–water partition coefficient (Wildman–Crippen LogP) is 2.82. The molecule has 2 aliphatic rings. The van der Waals surface area contributed by atoms with E-state index in [4.69, 9.17) is 9.47 Å². The summed E-state index contributed by atoms with van der Waals surface area (Å²) >= 11 is 0. The molecule has 1 amide bonds. The first-order chi connectivity index (χ1) is 13.6. The third kappa shape index (κ3) is 3.76. The molecule has 1 saturated carbocycles. The lowest BCUT2D eigenvalue weighted by Gasteiger charge is -2.47. The van der Waals surface area contributed by atoms with Gasteiger partial charge in [0.05, 0.1) is 17.7 Å². The van der Waals surface area contributed by atoms with E-state index in [-0.39, 0.29) is 18.4 Å². The van der Waals surface area contributed by atoms with Crippen molar-refractivity contribution in [1.82, 2.24) is 9.47 Å². The second kappa shape index (κ2) is 8.13. The highest BCUT2D eigenvalue weighted by Crippen LogP contribution is 2.39. The molecule has 0 bridgehead atoms. The van der Waals surface area contributed by atoms with Crippen molar-refractivity contribution in [3.63, 3.8) is 0 Å². The lowest BCUT2D eigenvalue weighted by molar-refractivity contribution is -0.145. The van der Waals surface area contributed by atoms with E-state index in [2.05, 4.69) is 4.57 Å². The van der Waals surface area contributed by atoms with Crippen molar-refractivity contribution >= 4 is 16.8 Å². The second-order valence-corrected chi connectivity index (χ2v) is 8.12. The normalized spacial score (nSPS) is 24.9. The van der Waals surface area contributed by atoms with Crippen LogP contribution in [0.4, 0.5) is 0 Å². The number of hydrogen-bond acceptors (Lipinski definition) is 4. The summed E-state index contributed by atoms with van der Waals surface area (Å²) in [5.74, 6) is 0.939. The van der Waals surface area contributed by atoms with Gasteiger partial charge in [0.15, 0.2) is 6.61 Å². The zero-order chi connectivity index (χ0) is 19.6. The van der Waals surface area contributed by atoms with Gasteiger partial charge in [0.1, 0.15) is 5.75 Å². The van der Waals surface area contributed by atoms with E-state index in [0.29, 0.717) is 26.1 Å². The number of nitrogens with zero attached hydrogens (tertiary/aromatic N) is 2. The molecule has 6 heteroatoms. The summed E-state index contributed by atoms with van der Waals surface area (Å²) in [6.07, 6.45) is 6.83. The number of ether oxygens (including phenoxy) is 2. The highest BCUT2D eigenvalue weighted by atomic mass is 16.5. The Morgan fingerprint density at radius 2 is 2.18 bits per heavy atom. The van der Waals surface area contributed by atoms with Crippen LogP contribution in [0, 0.1) is 5.92 Å². The van der Waals surface area contributed by atoms with Gasteiger partial charge in [-0.3, -0.25) is 4.79 Å². The molecule has 6 nitrogen and oxygen atoms in total.